The summed E-state index contributed by atoms with van der Waals surface area (Å²) in [6.45, 7) is 7.34. The van der Waals surface area contributed by atoms with Crippen molar-refractivity contribution in [1.82, 2.24) is 10.9 Å². The number of carbonyl (C=O) groups excluding carboxylic acids is 2. The number of nitrogens with one attached hydrogen (secondary N) is 2. The molecule has 6 nitrogen and oxygen atoms in total. The van der Waals surface area contributed by atoms with Crippen LogP contribution in [-0.2, 0) is 4.79 Å². The Balaban J connectivity index is 1.87. The van der Waals surface area contributed by atoms with Crippen LogP contribution in [0.1, 0.15) is 32.8 Å². The fourth-order valence-corrected chi connectivity index (χ4v) is 2.38. The predicted octanol–water partition coefficient (Wildman–Crippen LogP) is 2.35. The van der Waals surface area contributed by atoms with Gasteiger partial charge in [0.2, 0.25) is 0 Å². The molecule has 6 heteroatoms. The quantitative estimate of drug-likeness (QED) is 0.849. The number of rotatable bonds is 4. The summed E-state index contributed by atoms with van der Waals surface area (Å²) in [6.07, 6.45) is 1.41. The molecule has 1 aromatic heterocycles. The van der Waals surface area contributed by atoms with Gasteiger partial charge in [-0.1, -0.05) is 17.7 Å². The SMILES string of the molecule is Cc1cc(C)c(OCC(=O)NNC(=O)c2ccoc2C)c(C)c1. The van der Waals surface area contributed by atoms with Crippen molar-refractivity contribution in [2.24, 2.45) is 0 Å². The van der Waals surface area contributed by atoms with E-state index in [1.54, 1.807) is 6.92 Å². The van der Waals surface area contributed by atoms with E-state index in [2.05, 4.69) is 10.9 Å². The Kier molecular flexibility index (Phi) is 5.05. The Morgan fingerprint density at radius 3 is 2.30 bits per heavy atom. The number of ether oxygens (including phenoxy) is 1. The van der Waals surface area contributed by atoms with Crippen molar-refractivity contribution in [2.45, 2.75) is 27.7 Å². The molecule has 0 aliphatic carbocycles. The van der Waals surface area contributed by atoms with Crippen LogP contribution in [0.4, 0.5) is 0 Å². The molecule has 1 aromatic carbocycles. The lowest BCUT2D eigenvalue weighted by Gasteiger charge is -2.13. The van der Waals surface area contributed by atoms with Gasteiger partial charge < -0.3 is 9.15 Å². The summed E-state index contributed by atoms with van der Waals surface area (Å²) in [4.78, 5) is 23.6. The molecule has 0 aliphatic heterocycles. The number of hydrazine groups is 1. The smallest absolute Gasteiger partial charge is 0.276 e. The van der Waals surface area contributed by atoms with Crippen LogP contribution in [-0.4, -0.2) is 18.4 Å². The molecule has 0 spiro atoms. The molecule has 0 unspecified atom stereocenters. The molecule has 0 atom stereocenters. The third-order valence-electron chi connectivity index (χ3n) is 3.37. The Morgan fingerprint density at radius 2 is 1.74 bits per heavy atom. The van der Waals surface area contributed by atoms with Gasteiger partial charge in [-0.2, -0.15) is 0 Å². The van der Waals surface area contributed by atoms with Crippen LogP contribution in [0.5, 0.6) is 5.75 Å². The topological polar surface area (TPSA) is 80.6 Å². The summed E-state index contributed by atoms with van der Waals surface area (Å²) < 4.78 is 10.6. The van der Waals surface area contributed by atoms with E-state index in [9.17, 15) is 9.59 Å². The Labute approximate surface area is 134 Å². The summed E-state index contributed by atoms with van der Waals surface area (Å²) in [6, 6.07) is 5.51. The van der Waals surface area contributed by atoms with E-state index in [4.69, 9.17) is 9.15 Å². The zero-order chi connectivity index (χ0) is 17.0. The zero-order valence-electron chi connectivity index (χ0n) is 13.6. The number of hydrogen-bond donors (Lipinski definition) is 2. The Bertz CT molecular complexity index is 711. The van der Waals surface area contributed by atoms with E-state index in [0.717, 1.165) is 16.7 Å². The van der Waals surface area contributed by atoms with Crippen molar-refractivity contribution in [3.8, 4) is 5.75 Å². The van der Waals surface area contributed by atoms with Crippen LogP contribution in [0.25, 0.3) is 0 Å². The monoisotopic (exact) mass is 316 g/mol. The maximum Gasteiger partial charge on any atom is 0.276 e. The minimum Gasteiger partial charge on any atom is -0.483 e. The first-order valence-corrected chi connectivity index (χ1v) is 7.22. The predicted molar refractivity (Wildman–Crippen MR) is 85.2 cm³/mol. The first-order chi connectivity index (χ1) is 10.9. The third-order valence-corrected chi connectivity index (χ3v) is 3.37. The summed E-state index contributed by atoms with van der Waals surface area (Å²) in [5.74, 6) is 0.285. The maximum absolute atomic E-state index is 11.8. The van der Waals surface area contributed by atoms with E-state index in [1.807, 2.05) is 32.9 Å². The molecule has 122 valence electrons. The molecule has 0 aliphatic rings. The van der Waals surface area contributed by atoms with Crippen LogP contribution in [0.2, 0.25) is 0 Å². The second-order valence-corrected chi connectivity index (χ2v) is 5.41. The molecule has 2 rings (SSSR count). The molecule has 2 aromatic rings. The fourth-order valence-electron chi connectivity index (χ4n) is 2.38. The van der Waals surface area contributed by atoms with Gasteiger partial charge in [0.15, 0.2) is 6.61 Å². The molecule has 2 N–H and O–H groups in total. The van der Waals surface area contributed by atoms with E-state index in [1.165, 1.54) is 12.3 Å². The maximum atomic E-state index is 11.8. The first-order valence-electron chi connectivity index (χ1n) is 7.22. The molecule has 1 heterocycles. The largest absolute Gasteiger partial charge is 0.483 e. The normalized spacial score (nSPS) is 10.3. The minimum absolute atomic E-state index is 0.185. The number of aryl methyl sites for hydroxylation is 4. The lowest BCUT2D eigenvalue weighted by Crippen LogP contribution is -2.43. The van der Waals surface area contributed by atoms with Crippen molar-refractivity contribution in [2.75, 3.05) is 6.61 Å². The number of furan rings is 1. The lowest BCUT2D eigenvalue weighted by molar-refractivity contribution is -0.123. The van der Waals surface area contributed by atoms with Gasteiger partial charge in [0.05, 0.1) is 11.8 Å². The van der Waals surface area contributed by atoms with Crippen LogP contribution < -0.4 is 15.6 Å². The van der Waals surface area contributed by atoms with Gasteiger partial charge in [0.1, 0.15) is 11.5 Å². The molecule has 2 amide bonds. The van der Waals surface area contributed by atoms with Gasteiger partial charge in [0, 0.05) is 0 Å². The fraction of sp³-hybridized carbons (Fsp3) is 0.294. The molecule has 0 saturated carbocycles. The first kappa shape index (κ1) is 16.6. The average molecular weight is 316 g/mol. The van der Waals surface area contributed by atoms with Crippen LogP contribution >= 0.6 is 0 Å². The molecule has 0 bridgehead atoms. The van der Waals surface area contributed by atoms with Crippen LogP contribution in [0, 0.1) is 27.7 Å². The summed E-state index contributed by atoms with van der Waals surface area (Å²) in [5.41, 5.74) is 8.08. The van der Waals surface area contributed by atoms with E-state index in [0.29, 0.717) is 17.1 Å². The van der Waals surface area contributed by atoms with Gasteiger partial charge in [-0.25, -0.2) is 0 Å². The standard InChI is InChI=1S/C17H20N2O4/c1-10-7-11(2)16(12(3)8-10)23-9-15(20)18-19-17(21)14-5-6-22-13(14)4/h5-8H,9H2,1-4H3,(H,18,20)(H,19,21). The van der Waals surface area contributed by atoms with E-state index < -0.39 is 11.8 Å². The molecule has 0 radical (unpaired) electrons. The molecular formula is C17H20N2O4. The highest BCUT2D eigenvalue weighted by molar-refractivity contribution is 5.96. The summed E-state index contributed by atoms with van der Waals surface area (Å²) >= 11 is 0. The van der Waals surface area contributed by atoms with E-state index in [-0.39, 0.29) is 6.61 Å². The molecule has 23 heavy (non-hydrogen) atoms. The second kappa shape index (κ2) is 7.00. The lowest BCUT2D eigenvalue weighted by atomic mass is 10.1. The molecular weight excluding hydrogens is 296 g/mol. The number of hydrogen-bond acceptors (Lipinski definition) is 4. The number of amides is 2. The van der Waals surface area contributed by atoms with Crippen molar-refractivity contribution >= 4 is 11.8 Å². The van der Waals surface area contributed by atoms with Crippen LogP contribution in [0.15, 0.2) is 28.9 Å². The van der Waals surface area contributed by atoms with Gasteiger partial charge in [-0.15, -0.1) is 0 Å². The number of carbonyl (C=O) groups is 2. The highest BCUT2D eigenvalue weighted by atomic mass is 16.5. The summed E-state index contributed by atoms with van der Waals surface area (Å²) in [5, 5.41) is 0. The van der Waals surface area contributed by atoms with Gasteiger partial charge in [-0.05, 0) is 44.9 Å². The van der Waals surface area contributed by atoms with Crippen molar-refractivity contribution in [3.63, 3.8) is 0 Å². The third kappa shape index (κ3) is 4.12. The minimum atomic E-state index is -0.445. The van der Waals surface area contributed by atoms with Crippen molar-refractivity contribution < 1.29 is 18.7 Å². The molecule has 0 saturated heterocycles. The van der Waals surface area contributed by atoms with E-state index >= 15 is 0 Å². The van der Waals surface area contributed by atoms with Crippen LogP contribution in [0.3, 0.4) is 0 Å². The highest BCUT2D eigenvalue weighted by Crippen LogP contribution is 2.24. The van der Waals surface area contributed by atoms with Gasteiger partial charge >= 0.3 is 0 Å². The van der Waals surface area contributed by atoms with Gasteiger partial charge in [-0.3, -0.25) is 20.4 Å². The zero-order valence-corrected chi connectivity index (χ0v) is 13.6. The Morgan fingerprint density at radius 1 is 1.09 bits per heavy atom. The van der Waals surface area contributed by atoms with Crippen molar-refractivity contribution in [3.05, 3.63) is 52.5 Å². The number of benzene rings is 1. The summed E-state index contributed by atoms with van der Waals surface area (Å²) in [7, 11) is 0. The van der Waals surface area contributed by atoms with Crippen molar-refractivity contribution in [1.29, 1.82) is 0 Å². The Hall–Kier alpha value is -2.76. The average Bonchev–Trinajstić information content (AvgIpc) is 2.89. The second-order valence-electron chi connectivity index (χ2n) is 5.41. The molecule has 0 fully saturated rings. The van der Waals surface area contributed by atoms with Gasteiger partial charge in [0.25, 0.3) is 11.8 Å². The highest BCUT2D eigenvalue weighted by Gasteiger charge is 2.13.